The Hall–Kier alpha value is -1.78. The third kappa shape index (κ3) is 3.42. The zero-order valence-electron chi connectivity index (χ0n) is 9.73. The fourth-order valence-electron chi connectivity index (χ4n) is 1.25. The number of nitrogens with zero attached hydrogens (tertiary/aromatic N) is 2. The van der Waals surface area contributed by atoms with E-state index >= 15 is 0 Å². The molecule has 0 radical (unpaired) electrons. The molecule has 0 aromatic carbocycles. The summed E-state index contributed by atoms with van der Waals surface area (Å²) in [6.07, 6.45) is 5.23. The van der Waals surface area contributed by atoms with Crippen LogP contribution >= 0.6 is 0 Å². The van der Waals surface area contributed by atoms with Crippen molar-refractivity contribution in [1.29, 1.82) is 0 Å². The van der Waals surface area contributed by atoms with Crippen LogP contribution in [0.3, 0.4) is 0 Å². The second-order valence-electron chi connectivity index (χ2n) is 3.48. The van der Waals surface area contributed by atoms with Gasteiger partial charge in [0.25, 0.3) is 0 Å². The van der Waals surface area contributed by atoms with Gasteiger partial charge in [-0.05, 0) is 13.8 Å². The summed E-state index contributed by atoms with van der Waals surface area (Å²) in [5, 5.41) is 9.92. The lowest BCUT2D eigenvalue weighted by Gasteiger charge is -2.12. The summed E-state index contributed by atoms with van der Waals surface area (Å²) in [5.74, 6) is -0.0517. The molecule has 0 saturated heterocycles. The van der Waals surface area contributed by atoms with Crippen LogP contribution in [-0.4, -0.2) is 28.3 Å². The number of rotatable bonds is 6. The maximum Gasteiger partial charge on any atom is 0.242 e. The molecule has 88 valence electrons. The van der Waals surface area contributed by atoms with E-state index in [4.69, 9.17) is 0 Å². The first-order valence-corrected chi connectivity index (χ1v) is 5.35. The zero-order chi connectivity index (χ0) is 12.0. The van der Waals surface area contributed by atoms with Gasteiger partial charge in [-0.2, -0.15) is 5.10 Å². The molecule has 1 heterocycles. The van der Waals surface area contributed by atoms with Crippen molar-refractivity contribution in [2.45, 2.75) is 26.4 Å². The van der Waals surface area contributed by atoms with Gasteiger partial charge in [0.05, 0.1) is 11.9 Å². The number of aryl methyl sites for hydroxylation is 1. The predicted octanol–water partition coefficient (Wildman–Crippen LogP) is 1.01. The molecule has 0 unspecified atom stereocenters. The number of carbonyl (C=O) groups excluding carboxylic acids is 1. The van der Waals surface area contributed by atoms with Gasteiger partial charge in [0.1, 0.15) is 6.04 Å². The second-order valence-corrected chi connectivity index (χ2v) is 3.48. The minimum absolute atomic E-state index is 0.0517. The molecular weight excluding hydrogens is 204 g/mol. The molecule has 1 amide bonds. The van der Waals surface area contributed by atoms with Gasteiger partial charge in [-0.1, -0.05) is 6.08 Å². The van der Waals surface area contributed by atoms with Crippen molar-refractivity contribution in [2.75, 3.05) is 11.9 Å². The fourth-order valence-corrected chi connectivity index (χ4v) is 1.25. The third-order valence-electron chi connectivity index (χ3n) is 2.15. The van der Waals surface area contributed by atoms with Crippen molar-refractivity contribution >= 4 is 11.6 Å². The monoisotopic (exact) mass is 222 g/mol. The molecule has 5 heteroatoms. The lowest BCUT2D eigenvalue weighted by Crippen LogP contribution is -2.37. The fraction of sp³-hybridized carbons (Fsp3) is 0.455. The lowest BCUT2D eigenvalue weighted by molar-refractivity contribution is -0.121. The maximum atomic E-state index is 11.5. The van der Waals surface area contributed by atoms with Crippen LogP contribution in [0.25, 0.3) is 0 Å². The summed E-state index contributed by atoms with van der Waals surface area (Å²) < 4.78 is 1.80. The average Bonchev–Trinajstić information content (AvgIpc) is 2.73. The van der Waals surface area contributed by atoms with Crippen LogP contribution in [0.15, 0.2) is 25.0 Å². The topological polar surface area (TPSA) is 59.0 Å². The third-order valence-corrected chi connectivity index (χ3v) is 2.15. The molecule has 0 aliphatic rings. The van der Waals surface area contributed by atoms with Gasteiger partial charge in [0, 0.05) is 19.3 Å². The largest absolute Gasteiger partial charge is 0.371 e. The molecule has 16 heavy (non-hydrogen) atoms. The minimum atomic E-state index is -0.283. The average molecular weight is 222 g/mol. The summed E-state index contributed by atoms with van der Waals surface area (Å²) in [6, 6.07) is -0.283. The number of nitrogens with one attached hydrogen (secondary N) is 2. The van der Waals surface area contributed by atoms with Gasteiger partial charge in [0.15, 0.2) is 0 Å². The molecule has 1 atom stereocenters. The molecule has 1 aromatic rings. The Balaban J connectivity index is 2.46. The Kier molecular flexibility index (Phi) is 4.57. The molecule has 0 saturated carbocycles. The van der Waals surface area contributed by atoms with E-state index in [1.807, 2.05) is 20.0 Å². The van der Waals surface area contributed by atoms with Crippen molar-refractivity contribution in [3.8, 4) is 0 Å². The van der Waals surface area contributed by atoms with Crippen molar-refractivity contribution in [2.24, 2.45) is 0 Å². The van der Waals surface area contributed by atoms with Gasteiger partial charge < -0.3 is 10.6 Å². The van der Waals surface area contributed by atoms with E-state index in [-0.39, 0.29) is 11.9 Å². The molecule has 1 aromatic heterocycles. The van der Waals surface area contributed by atoms with E-state index in [0.29, 0.717) is 6.54 Å². The van der Waals surface area contributed by atoms with Crippen molar-refractivity contribution < 1.29 is 4.79 Å². The number of anilines is 1. The van der Waals surface area contributed by atoms with E-state index < -0.39 is 0 Å². The maximum absolute atomic E-state index is 11.5. The van der Waals surface area contributed by atoms with E-state index in [1.54, 1.807) is 17.0 Å². The lowest BCUT2D eigenvalue weighted by atomic mass is 10.3. The Labute approximate surface area is 95.5 Å². The second kappa shape index (κ2) is 5.95. The quantitative estimate of drug-likeness (QED) is 0.706. The van der Waals surface area contributed by atoms with Crippen molar-refractivity contribution in [1.82, 2.24) is 15.1 Å². The van der Waals surface area contributed by atoms with Crippen LogP contribution in [-0.2, 0) is 11.3 Å². The molecule has 0 fully saturated rings. The molecule has 0 spiro atoms. The van der Waals surface area contributed by atoms with Crippen LogP contribution in [0.4, 0.5) is 5.69 Å². The molecule has 0 aliphatic heterocycles. The van der Waals surface area contributed by atoms with E-state index in [9.17, 15) is 4.79 Å². The van der Waals surface area contributed by atoms with E-state index in [0.717, 1.165) is 12.2 Å². The summed E-state index contributed by atoms with van der Waals surface area (Å²) >= 11 is 0. The van der Waals surface area contributed by atoms with Crippen molar-refractivity contribution in [3.63, 3.8) is 0 Å². The van der Waals surface area contributed by atoms with Crippen LogP contribution in [0, 0.1) is 0 Å². The van der Waals surface area contributed by atoms with Gasteiger partial charge >= 0.3 is 0 Å². The van der Waals surface area contributed by atoms with Gasteiger partial charge in [0.2, 0.25) is 5.91 Å². The zero-order valence-corrected chi connectivity index (χ0v) is 9.73. The number of aromatic nitrogens is 2. The Morgan fingerprint density at radius 1 is 1.75 bits per heavy atom. The standard InChI is InChI=1S/C11H18N4O/c1-4-6-12-11(16)9(3)14-10-7-13-15(5-2)8-10/h4,7-9,14H,1,5-6H2,2-3H3,(H,12,16)/t9-/m0/s1. The molecule has 5 nitrogen and oxygen atoms in total. The summed E-state index contributed by atoms with van der Waals surface area (Å²) in [4.78, 5) is 11.5. The van der Waals surface area contributed by atoms with Crippen LogP contribution in [0.2, 0.25) is 0 Å². The summed E-state index contributed by atoms with van der Waals surface area (Å²) in [7, 11) is 0. The van der Waals surface area contributed by atoms with Gasteiger partial charge in [-0.25, -0.2) is 0 Å². The smallest absolute Gasteiger partial charge is 0.242 e. The van der Waals surface area contributed by atoms with Crippen LogP contribution in [0.5, 0.6) is 0 Å². The van der Waals surface area contributed by atoms with Gasteiger partial charge in [-0.3, -0.25) is 9.48 Å². The molecular formula is C11H18N4O. The highest BCUT2D eigenvalue weighted by Crippen LogP contribution is 2.06. The van der Waals surface area contributed by atoms with Crippen molar-refractivity contribution in [3.05, 3.63) is 25.0 Å². The number of hydrogen-bond acceptors (Lipinski definition) is 3. The van der Waals surface area contributed by atoms with E-state index in [1.165, 1.54) is 0 Å². The first-order chi connectivity index (χ1) is 7.67. The van der Waals surface area contributed by atoms with Crippen LogP contribution < -0.4 is 10.6 Å². The molecule has 0 aliphatic carbocycles. The Morgan fingerprint density at radius 2 is 2.50 bits per heavy atom. The molecule has 2 N–H and O–H groups in total. The normalized spacial score (nSPS) is 11.9. The summed E-state index contributed by atoms with van der Waals surface area (Å²) in [5.41, 5.74) is 0.850. The Morgan fingerprint density at radius 3 is 3.06 bits per heavy atom. The number of carbonyl (C=O) groups is 1. The van der Waals surface area contributed by atoms with Gasteiger partial charge in [-0.15, -0.1) is 6.58 Å². The highest BCUT2D eigenvalue weighted by molar-refractivity contribution is 5.84. The first-order valence-electron chi connectivity index (χ1n) is 5.35. The molecule has 0 bridgehead atoms. The highest BCUT2D eigenvalue weighted by Gasteiger charge is 2.11. The van der Waals surface area contributed by atoms with Crippen LogP contribution in [0.1, 0.15) is 13.8 Å². The highest BCUT2D eigenvalue weighted by atomic mass is 16.2. The Bertz CT molecular complexity index is 359. The number of amides is 1. The minimum Gasteiger partial charge on any atom is -0.371 e. The number of hydrogen-bond donors (Lipinski definition) is 2. The van der Waals surface area contributed by atoms with E-state index in [2.05, 4.69) is 22.3 Å². The predicted molar refractivity (Wildman–Crippen MR) is 64.2 cm³/mol. The SMILES string of the molecule is C=CCNC(=O)[C@H](C)Nc1cnn(CC)c1. The summed E-state index contributed by atoms with van der Waals surface area (Å²) in [6.45, 7) is 8.66. The molecule has 1 rings (SSSR count). The first kappa shape index (κ1) is 12.3.